The van der Waals surface area contributed by atoms with Gasteiger partial charge in [0, 0.05) is 6.54 Å². The zero-order valence-corrected chi connectivity index (χ0v) is 9.97. The van der Waals surface area contributed by atoms with Crippen molar-refractivity contribution < 1.29 is 4.79 Å². The summed E-state index contributed by atoms with van der Waals surface area (Å²) >= 11 is 0. The quantitative estimate of drug-likeness (QED) is 0.732. The van der Waals surface area contributed by atoms with Crippen LogP contribution in [0.5, 0.6) is 0 Å². The van der Waals surface area contributed by atoms with Gasteiger partial charge in [0.25, 0.3) is 0 Å². The smallest absolute Gasteiger partial charge is 0.237 e. The van der Waals surface area contributed by atoms with Gasteiger partial charge >= 0.3 is 0 Å². The molecule has 0 radical (unpaired) electrons. The minimum absolute atomic E-state index is 0.129. The fourth-order valence-corrected chi connectivity index (χ4v) is 1.27. The number of nitrogens with zero attached hydrogens (tertiary/aromatic N) is 3. The van der Waals surface area contributed by atoms with E-state index in [-0.39, 0.29) is 11.8 Å². The Morgan fingerprint density at radius 2 is 2.31 bits per heavy atom. The minimum atomic E-state index is -0.474. The number of hydrogen-bond acceptors (Lipinski definition) is 4. The third-order valence-corrected chi connectivity index (χ3v) is 2.48. The SMILES string of the molecule is CCn1cnnc1CNC(=O)[C@@H](N)C(C)C. The van der Waals surface area contributed by atoms with Crippen LogP contribution in [-0.2, 0) is 17.9 Å². The molecule has 1 atom stereocenters. The maximum atomic E-state index is 11.6. The Morgan fingerprint density at radius 3 is 2.88 bits per heavy atom. The van der Waals surface area contributed by atoms with Crippen molar-refractivity contribution in [3.05, 3.63) is 12.2 Å². The van der Waals surface area contributed by atoms with E-state index in [4.69, 9.17) is 5.73 Å². The van der Waals surface area contributed by atoms with Crippen molar-refractivity contribution in [2.75, 3.05) is 0 Å². The Labute approximate surface area is 95.2 Å². The van der Waals surface area contributed by atoms with Crippen molar-refractivity contribution in [2.24, 2.45) is 11.7 Å². The van der Waals surface area contributed by atoms with Gasteiger partial charge in [-0.2, -0.15) is 0 Å². The summed E-state index contributed by atoms with van der Waals surface area (Å²) in [5, 5.41) is 10.5. The highest BCUT2D eigenvalue weighted by atomic mass is 16.2. The summed E-state index contributed by atoms with van der Waals surface area (Å²) in [6, 6.07) is -0.474. The van der Waals surface area contributed by atoms with Crippen LogP contribution < -0.4 is 11.1 Å². The summed E-state index contributed by atoms with van der Waals surface area (Å²) < 4.78 is 1.88. The van der Waals surface area contributed by atoms with Gasteiger partial charge in [0.15, 0.2) is 5.82 Å². The van der Waals surface area contributed by atoms with Gasteiger partial charge < -0.3 is 15.6 Å². The van der Waals surface area contributed by atoms with Gasteiger partial charge in [-0.05, 0) is 12.8 Å². The van der Waals surface area contributed by atoms with E-state index < -0.39 is 6.04 Å². The first-order chi connectivity index (χ1) is 7.56. The van der Waals surface area contributed by atoms with Crippen LogP contribution >= 0.6 is 0 Å². The normalized spacial score (nSPS) is 12.8. The Bertz CT molecular complexity index is 347. The monoisotopic (exact) mass is 225 g/mol. The second-order valence-electron chi connectivity index (χ2n) is 4.02. The highest BCUT2D eigenvalue weighted by molar-refractivity contribution is 5.81. The molecule has 0 fully saturated rings. The number of nitrogens with two attached hydrogens (primary N) is 1. The maximum absolute atomic E-state index is 11.6. The molecular weight excluding hydrogens is 206 g/mol. The summed E-state index contributed by atoms with van der Waals surface area (Å²) in [6.45, 7) is 6.98. The van der Waals surface area contributed by atoms with Gasteiger partial charge in [-0.15, -0.1) is 10.2 Å². The summed E-state index contributed by atoms with van der Waals surface area (Å²) in [5.74, 6) is 0.719. The lowest BCUT2D eigenvalue weighted by atomic mass is 10.1. The van der Waals surface area contributed by atoms with E-state index in [1.807, 2.05) is 25.3 Å². The molecule has 0 aromatic carbocycles. The zero-order chi connectivity index (χ0) is 12.1. The molecule has 16 heavy (non-hydrogen) atoms. The summed E-state index contributed by atoms with van der Waals surface area (Å²) in [5.41, 5.74) is 5.72. The summed E-state index contributed by atoms with van der Waals surface area (Å²) in [4.78, 5) is 11.6. The minimum Gasteiger partial charge on any atom is -0.347 e. The Kier molecular flexibility index (Phi) is 4.42. The number of hydrogen-bond donors (Lipinski definition) is 2. The summed E-state index contributed by atoms with van der Waals surface area (Å²) in [6.07, 6.45) is 1.64. The van der Waals surface area contributed by atoms with Crippen molar-refractivity contribution in [1.82, 2.24) is 20.1 Å². The van der Waals surface area contributed by atoms with Crippen LogP contribution in [0, 0.1) is 5.92 Å². The zero-order valence-electron chi connectivity index (χ0n) is 9.97. The molecule has 6 heteroatoms. The number of aromatic nitrogens is 3. The largest absolute Gasteiger partial charge is 0.347 e. The number of nitrogens with one attached hydrogen (secondary N) is 1. The number of rotatable bonds is 5. The number of carbonyl (C=O) groups is 1. The van der Waals surface area contributed by atoms with Gasteiger partial charge in [0.05, 0.1) is 12.6 Å². The average molecular weight is 225 g/mol. The fourth-order valence-electron chi connectivity index (χ4n) is 1.27. The van der Waals surface area contributed by atoms with Crippen molar-refractivity contribution in [1.29, 1.82) is 0 Å². The Balaban J connectivity index is 2.49. The first kappa shape index (κ1) is 12.6. The van der Waals surface area contributed by atoms with Gasteiger partial charge in [0.1, 0.15) is 6.33 Å². The topological polar surface area (TPSA) is 85.8 Å². The third kappa shape index (κ3) is 3.03. The van der Waals surface area contributed by atoms with Gasteiger partial charge in [0.2, 0.25) is 5.91 Å². The summed E-state index contributed by atoms with van der Waals surface area (Å²) in [7, 11) is 0. The molecule has 0 aliphatic heterocycles. The molecule has 0 saturated heterocycles. The van der Waals surface area contributed by atoms with Crippen LogP contribution in [0.4, 0.5) is 0 Å². The molecule has 0 spiro atoms. The van der Waals surface area contributed by atoms with Gasteiger partial charge in [-0.3, -0.25) is 4.79 Å². The van der Waals surface area contributed by atoms with E-state index in [0.29, 0.717) is 6.54 Å². The van der Waals surface area contributed by atoms with E-state index in [1.54, 1.807) is 6.33 Å². The molecular formula is C10H19N5O. The van der Waals surface area contributed by atoms with Crippen molar-refractivity contribution in [3.8, 4) is 0 Å². The molecule has 3 N–H and O–H groups in total. The molecule has 0 saturated carbocycles. The molecule has 0 bridgehead atoms. The van der Waals surface area contributed by atoms with E-state index in [2.05, 4.69) is 15.5 Å². The molecule has 90 valence electrons. The maximum Gasteiger partial charge on any atom is 0.237 e. The number of aryl methyl sites for hydroxylation is 1. The second kappa shape index (κ2) is 5.60. The lowest BCUT2D eigenvalue weighted by molar-refractivity contribution is -0.123. The van der Waals surface area contributed by atoms with Crippen LogP contribution in [0.15, 0.2) is 6.33 Å². The van der Waals surface area contributed by atoms with E-state index in [9.17, 15) is 4.79 Å². The van der Waals surface area contributed by atoms with Gasteiger partial charge in [-0.25, -0.2) is 0 Å². The van der Waals surface area contributed by atoms with E-state index in [1.165, 1.54) is 0 Å². The standard InChI is InChI=1S/C10H19N5O/c1-4-15-6-13-14-8(15)5-12-10(16)9(11)7(2)3/h6-7,9H,4-5,11H2,1-3H3,(H,12,16)/t9-/m0/s1. The van der Waals surface area contributed by atoms with Crippen LogP contribution in [0.1, 0.15) is 26.6 Å². The molecule has 1 aromatic heterocycles. The van der Waals surface area contributed by atoms with Crippen LogP contribution in [0.3, 0.4) is 0 Å². The Hall–Kier alpha value is -1.43. The first-order valence-electron chi connectivity index (χ1n) is 5.46. The third-order valence-electron chi connectivity index (χ3n) is 2.48. The highest BCUT2D eigenvalue weighted by Crippen LogP contribution is 1.99. The lowest BCUT2D eigenvalue weighted by Crippen LogP contribution is -2.43. The molecule has 1 heterocycles. The predicted molar refractivity (Wildman–Crippen MR) is 60.4 cm³/mol. The molecule has 0 unspecified atom stereocenters. The molecule has 6 nitrogen and oxygen atoms in total. The lowest BCUT2D eigenvalue weighted by Gasteiger charge is -2.15. The molecule has 1 aromatic rings. The van der Waals surface area contributed by atoms with Gasteiger partial charge in [-0.1, -0.05) is 13.8 Å². The van der Waals surface area contributed by atoms with Crippen molar-refractivity contribution in [3.63, 3.8) is 0 Å². The average Bonchev–Trinajstić information content (AvgIpc) is 2.71. The molecule has 0 aliphatic rings. The number of amides is 1. The molecule has 1 rings (SSSR count). The van der Waals surface area contributed by atoms with E-state index >= 15 is 0 Å². The first-order valence-corrected chi connectivity index (χ1v) is 5.46. The molecule has 0 aliphatic carbocycles. The van der Waals surface area contributed by atoms with E-state index in [0.717, 1.165) is 12.4 Å². The Morgan fingerprint density at radius 1 is 1.62 bits per heavy atom. The van der Waals surface area contributed by atoms with Crippen molar-refractivity contribution in [2.45, 2.75) is 39.9 Å². The van der Waals surface area contributed by atoms with Crippen LogP contribution in [0.25, 0.3) is 0 Å². The highest BCUT2D eigenvalue weighted by Gasteiger charge is 2.17. The predicted octanol–water partition coefficient (Wildman–Crippen LogP) is -0.102. The fraction of sp³-hybridized carbons (Fsp3) is 0.700. The number of carbonyl (C=O) groups excluding carboxylic acids is 1. The van der Waals surface area contributed by atoms with Crippen molar-refractivity contribution >= 4 is 5.91 Å². The molecule has 1 amide bonds. The van der Waals surface area contributed by atoms with Crippen LogP contribution in [-0.4, -0.2) is 26.7 Å². The van der Waals surface area contributed by atoms with Crippen LogP contribution in [0.2, 0.25) is 0 Å². The second-order valence-corrected chi connectivity index (χ2v) is 4.02.